The molecule has 0 spiro atoms. The molecule has 0 bridgehead atoms. The SMILES string of the molecule is C=CC(=O)OCCOC(=O)C(C#N)=C1Sc2cc(Cl)ccc2N1C. The van der Waals surface area contributed by atoms with Crippen LogP contribution in [0.1, 0.15) is 0 Å². The van der Waals surface area contributed by atoms with Gasteiger partial charge >= 0.3 is 11.9 Å². The van der Waals surface area contributed by atoms with Crippen molar-refractivity contribution in [2.24, 2.45) is 0 Å². The maximum absolute atomic E-state index is 12.1. The fraction of sp³-hybridized carbons (Fsp3) is 0.188. The Morgan fingerprint density at radius 3 is 2.79 bits per heavy atom. The van der Waals surface area contributed by atoms with Crippen LogP contribution in [0.25, 0.3) is 0 Å². The van der Waals surface area contributed by atoms with Crippen LogP contribution in [-0.2, 0) is 19.1 Å². The molecular formula is C16H13ClN2O4S. The van der Waals surface area contributed by atoms with Gasteiger partial charge in [-0.3, -0.25) is 0 Å². The number of hydrogen-bond acceptors (Lipinski definition) is 7. The lowest BCUT2D eigenvalue weighted by atomic mass is 10.2. The maximum atomic E-state index is 12.1. The first kappa shape index (κ1) is 17.9. The summed E-state index contributed by atoms with van der Waals surface area (Å²) in [7, 11) is 1.75. The molecule has 124 valence electrons. The summed E-state index contributed by atoms with van der Waals surface area (Å²) in [6.45, 7) is 3.00. The average Bonchev–Trinajstić information content (AvgIpc) is 2.88. The second kappa shape index (κ2) is 7.90. The molecule has 1 aliphatic heterocycles. The molecule has 6 nitrogen and oxygen atoms in total. The largest absolute Gasteiger partial charge is 0.459 e. The minimum absolute atomic E-state index is 0.108. The van der Waals surface area contributed by atoms with E-state index in [9.17, 15) is 14.9 Å². The average molecular weight is 365 g/mol. The van der Waals surface area contributed by atoms with Gasteiger partial charge < -0.3 is 14.4 Å². The number of anilines is 1. The summed E-state index contributed by atoms with van der Waals surface area (Å²) in [5, 5.41) is 10.3. The van der Waals surface area contributed by atoms with Gasteiger partial charge in [0.1, 0.15) is 24.3 Å². The van der Waals surface area contributed by atoms with Crippen molar-refractivity contribution in [2.45, 2.75) is 4.90 Å². The first-order chi connectivity index (χ1) is 11.5. The van der Waals surface area contributed by atoms with Gasteiger partial charge in [0.2, 0.25) is 0 Å². The topological polar surface area (TPSA) is 79.6 Å². The molecule has 1 aromatic rings. The zero-order valence-electron chi connectivity index (χ0n) is 12.7. The van der Waals surface area contributed by atoms with Crippen LogP contribution in [-0.4, -0.2) is 32.2 Å². The first-order valence-electron chi connectivity index (χ1n) is 6.79. The Bertz CT molecular complexity index is 770. The van der Waals surface area contributed by atoms with E-state index in [1.807, 2.05) is 12.1 Å². The van der Waals surface area contributed by atoms with Gasteiger partial charge in [0, 0.05) is 23.0 Å². The second-order valence-corrected chi connectivity index (χ2v) is 6.04. The predicted octanol–water partition coefficient (Wildman–Crippen LogP) is 2.89. The van der Waals surface area contributed by atoms with Crippen LogP contribution in [0.3, 0.4) is 0 Å². The van der Waals surface area contributed by atoms with Crippen molar-refractivity contribution in [1.82, 2.24) is 0 Å². The van der Waals surface area contributed by atoms with Gasteiger partial charge in [-0.25, -0.2) is 9.59 Å². The lowest BCUT2D eigenvalue weighted by Crippen LogP contribution is -2.18. The number of thioether (sulfide) groups is 1. The van der Waals surface area contributed by atoms with Crippen molar-refractivity contribution in [1.29, 1.82) is 5.26 Å². The van der Waals surface area contributed by atoms with Gasteiger partial charge in [0.15, 0.2) is 5.57 Å². The molecule has 0 unspecified atom stereocenters. The van der Waals surface area contributed by atoms with Gasteiger partial charge in [-0.05, 0) is 18.2 Å². The van der Waals surface area contributed by atoms with Gasteiger partial charge in [-0.15, -0.1) is 0 Å². The van der Waals surface area contributed by atoms with E-state index in [0.717, 1.165) is 16.7 Å². The summed E-state index contributed by atoms with van der Waals surface area (Å²) in [5.41, 5.74) is 0.727. The van der Waals surface area contributed by atoms with Crippen molar-refractivity contribution in [3.8, 4) is 6.07 Å². The summed E-state index contributed by atoms with van der Waals surface area (Å²) in [5.74, 6) is -1.39. The highest BCUT2D eigenvalue weighted by Gasteiger charge is 2.29. The highest BCUT2D eigenvalue weighted by molar-refractivity contribution is 8.03. The lowest BCUT2D eigenvalue weighted by Gasteiger charge is -2.14. The minimum atomic E-state index is -0.777. The Labute approximate surface area is 148 Å². The standard InChI is InChI=1S/C16H13ClN2O4S/c1-3-14(20)22-6-7-23-16(21)11(9-18)15-19(2)12-5-4-10(17)8-13(12)24-15/h3-5,8H,1,6-7H2,2H3. The molecule has 0 amide bonds. The molecule has 0 N–H and O–H groups in total. The molecule has 0 saturated carbocycles. The van der Waals surface area contributed by atoms with Crippen LogP contribution in [0.4, 0.5) is 5.69 Å². The van der Waals surface area contributed by atoms with Crippen LogP contribution in [0, 0.1) is 11.3 Å². The second-order valence-electron chi connectivity index (χ2n) is 4.57. The number of ether oxygens (including phenoxy) is 2. The number of nitriles is 1. The molecule has 8 heteroatoms. The van der Waals surface area contributed by atoms with Gasteiger partial charge in [-0.2, -0.15) is 5.26 Å². The molecule has 24 heavy (non-hydrogen) atoms. The quantitative estimate of drug-likeness (QED) is 0.344. The van der Waals surface area contributed by atoms with E-state index in [-0.39, 0.29) is 18.8 Å². The third kappa shape index (κ3) is 3.91. The number of halogens is 1. The zero-order chi connectivity index (χ0) is 17.7. The Morgan fingerprint density at radius 1 is 1.42 bits per heavy atom. The van der Waals surface area contributed by atoms with Crippen molar-refractivity contribution in [2.75, 3.05) is 25.2 Å². The summed E-state index contributed by atoms with van der Waals surface area (Å²) in [6.07, 6.45) is 1.01. The normalized spacial score (nSPS) is 14.5. The number of hydrogen-bond donors (Lipinski definition) is 0. The van der Waals surface area contributed by atoms with E-state index in [1.54, 1.807) is 24.1 Å². The highest BCUT2D eigenvalue weighted by atomic mass is 35.5. The third-order valence-corrected chi connectivity index (χ3v) is 4.51. The predicted molar refractivity (Wildman–Crippen MR) is 90.5 cm³/mol. The number of benzene rings is 1. The Hall–Kier alpha value is -2.43. The molecule has 1 aromatic carbocycles. The van der Waals surface area contributed by atoms with Crippen LogP contribution >= 0.6 is 23.4 Å². The molecule has 0 saturated heterocycles. The van der Waals surface area contributed by atoms with Gasteiger partial charge in [0.05, 0.1) is 5.69 Å². The lowest BCUT2D eigenvalue weighted by molar-refractivity contribution is -0.146. The van der Waals surface area contributed by atoms with E-state index >= 15 is 0 Å². The number of esters is 2. The molecule has 0 aromatic heterocycles. The minimum Gasteiger partial charge on any atom is -0.459 e. The molecule has 1 heterocycles. The fourth-order valence-electron chi connectivity index (χ4n) is 1.94. The third-order valence-electron chi connectivity index (χ3n) is 3.05. The molecule has 0 radical (unpaired) electrons. The first-order valence-corrected chi connectivity index (χ1v) is 7.99. The molecule has 1 aliphatic rings. The number of rotatable bonds is 5. The van der Waals surface area contributed by atoms with Crippen LogP contribution in [0.5, 0.6) is 0 Å². The van der Waals surface area contributed by atoms with Gasteiger partial charge in [-0.1, -0.05) is 29.9 Å². The van der Waals surface area contributed by atoms with Gasteiger partial charge in [0.25, 0.3) is 0 Å². The van der Waals surface area contributed by atoms with E-state index in [4.69, 9.17) is 21.1 Å². The van der Waals surface area contributed by atoms with Crippen molar-refractivity contribution < 1.29 is 19.1 Å². The highest BCUT2D eigenvalue weighted by Crippen LogP contribution is 2.47. The molecule has 2 rings (SSSR count). The maximum Gasteiger partial charge on any atom is 0.351 e. The summed E-state index contributed by atoms with van der Waals surface area (Å²) in [4.78, 5) is 25.6. The zero-order valence-corrected chi connectivity index (χ0v) is 14.3. The monoisotopic (exact) mass is 364 g/mol. The van der Waals surface area contributed by atoms with E-state index < -0.39 is 11.9 Å². The van der Waals surface area contributed by atoms with Crippen LogP contribution in [0.15, 0.2) is 46.4 Å². The molecule has 0 atom stereocenters. The van der Waals surface area contributed by atoms with Crippen molar-refractivity contribution in [3.63, 3.8) is 0 Å². The Balaban J connectivity index is 2.09. The number of fused-ring (bicyclic) bond motifs is 1. The Kier molecular flexibility index (Phi) is 5.90. The molecular weight excluding hydrogens is 352 g/mol. The molecule has 0 aliphatic carbocycles. The van der Waals surface area contributed by atoms with Crippen LogP contribution < -0.4 is 4.90 Å². The number of carbonyl (C=O) groups is 2. The molecule has 0 fully saturated rings. The summed E-state index contributed by atoms with van der Waals surface area (Å²) < 4.78 is 9.68. The van der Waals surface area contributed by atoms with E-state index in [0.29, 0.717) is 10.1 Å². The summed E-state index contributed by atoms with van der Waals surface area (Å²) in [6, 6.07) is 7.18. The fourth-order valence-corrected chi connectivity index (χ4v) is 3.34. The summed E-state index contributed by atoms with van der Waals surface area (Å²) >= 11 is 7.23. The van der Waals surface area contributed by atoms with Crippen molar-refractivity contribution in [3.05, 3.63) is 46.5 Å². The van der Waals surface area contributed by atoms with E-state index in [1.165, 1.54) is 11.8 Å². The smallest absolute Gasteiger partial charge is 0.351 e. The Morgan fingerprint density at radius 2 is 2.12 bits per heavy atom. The number of nitrogens with zero attached hydrogens (tertiary/aromatic N) is 2. The van der Waals surface area contributed by atoms with Crippen molar-refractivity contribution >= 4 is 41.0 Å². The van der Waals surface area contributed by atoms with Crippen LogP contribution in [0.2, 0.25) is 5.02 Å². The van der Waals surface area contributed by atoms with E-state index in [2.05, 4.69) is 6.58 Å². The number of carbonyl (C=O) groups excluding carboxylic acids is 2.